The Morgan fingerprint density at radius 3 is 2.57 bits per heavy atom. The number of anilines is 1. The number of nitrogens with one attached hydrogen (secondary N) is 1. The van der Waals surface area contributed by atoms with Crippen LogP contribution in [0.5, 0.6) is 0 Å². The monoisotopic (exact) mass is 429 g/mol. The van der Waals surface area contributed by atoms with E-state index in [2.05, 4.69) is 5.32 Å². The van der Waals surface area contributed by atoms with Crippen LogP contribution in [0.1, 0.15) is 29.8 Å². The molecule has 0 fully saturated rings. The first-order valence-corrected chi connectivity index (χ1v) is 10.1. The number of halogens is 1. The largest absolute Gasteiger partial charge is 0.465 e. The van der Waals surface area contributed by atoms with Gasteiger partial charge in [-0.2, -0.15) is 0 Å². The number of urea groups is 1. The zero-order chi connectivity index (χ0) is 21.7. The lowest BCUT2D eigenvalue weighted by molar-refractivity contribution is -0.141. The van der Waals surface area contributed by atoms with E-state index in [1.54, 1.807) is 41.0 Å². The van der Waals surface area contributed by atoms with E-state index in [1.165, 1.54) is 0 Å². The Bertz CT molecular complexity index is 949. The van der Waals surface area contributed by atoms with Crippen LogP contribution in [0, 0.1) is 0 Å². The Kier molecular flexibility index (Phi) is 6.95. The third-order valence-electron chi connectivity index (χ3n) is 4.90. The number of para-hydroxylation sites is 1. The maximum absolute atomic E-state index is 13.3. The van der Waals surface area contributed by atoms with Gasteiger partial charge in [0.1, 0.15) is 6.54 Å². The Morgan fingerprint density at radius 2 is 1.83 bits per heavy atom. The van der Waals surface area contributed by atoms with E-state index in [0.29, 0.717) is 17.1 Å². The molecule has 0 radical (unpaired) electrons. The number of hydrogen-bond donors (Lipinski definition) is 1. The average molecular weight is 430 g/mol. The van der Waals surface area contributed by atoms with Crippen LogP contribution in [0.3, 0.4) is 0 Å². The van der Waals surface area contributed by atoms with Gasteiger partial charge in [-0.3, -0.25) is 9.59 Å². The second kappa shape index (κ2) is 9.63. The number of nitrogens with zero attached hydrogens (tertiary/aromatic N) is 2. The lowest BCUT2D eigenvalue weighted by atomic mass is 10.1. The van der Waals surface area contributed by atoms with Gasteiger partial charge in [-0.1, -0.05) is 41.9 Å². The fraction of sp³-hybridized carbons (Fsp3) is 0.318. The van der Waals surface area contributed by atoms with Crippen LogP contribution in [0.4, 0.5) is 10.5 Å². The Morgan fingerprint density at radius 1 is 1.13 bits per heavy atom. The summed E-state index contributed by atoms with van der Waals surface area (Å²) in [5.41, 5.74) is 1.96. The lowest BCUT2D eigenvalue weighted by Gasteiger charge is -2.29. The van der Waals surface area contributed by atoms with Gasteiger partial charge in [0, 0.05) is 24.8 Å². The molecule has 0 spiro atoms. The molecule has 3 amide bonds. The predicted molar refractivity (Wildman–Crippen MR) is 115 cm³/mol. The highest BCUT2D eigenvalue weighted by Gasteiger charge is 2.32. The summed E-state index contributed by atoms with van der Waals surface area (Å²) in [6.45, 7) is 4.20. The summed E-state index contributed by atoms with van der Waals surface area (Å²) in [6, 6.07) is 13.7. The van der Waals surface area contributed by atoms with Crippen molar-refractivity contribution in [1.82, 2.24) is 10.2 Å². The van der Waals surface area contributed by atoms with E-state index in [4.69, 9.17) is 16.3 Å². The van der Waals surface area contributed by atoms with Crippen molar-refractivity contribution >= 4 is 35.2 Å². The van der Waals surface area contributed by atoms with Gasteiger partial charge in [-0.05, 0) is 37.6 Å². The highest BCUT2D eigenvalue weighted by Crippen LogP contribution is 2.30. The van der Waals surface area contributed by atoms with E-state index < -0.39 is 12.0 Å². The standard InChI is InChI=1S/C22H24ClN3O4/c1-3-30-20(27)12-24-22(29)25-14-16-8-4-7-11-19(16)26(13-15(25)2)21(28)17-9-5-6-10-18(17)23/h4-11,15H,3,12-14H2,1-2H3,(H,24,29)/t15-/m1/s1. The summed E-state index contributed by atoms with van der Waals surface area (Å²) >= 11 is 6.25. The predicted octanol–water partition coefficient (Wildman–Crippen LogP) is 3.46. The van der Waals surface area contributed by atoms with Gasteiger partial charge in [0.25, 0.3) is 5.91 Å². The molecule has 30 heavy (non-hydrogen) atoms. The molecule has 1 atom stereocenters. The van der Waals surface area contributed by atoms with Gasteiger partial charge in [0.05, 0.1) is 17.2 Å². The van der Waals surface area contributed by atoms with Crippen molar-refractivity contribution < 1.29 is 19.1 Å². The van der Waals surface area contributed by atoms with Crippen molar-refractivity contribution in [2.45, 2.75) is 26.4 Å². The topological polar surface area (TPSA) is 79.0 Å². The maximum atomic E-state index is 13.3. The zero-order valence-electron chi connectivity index (χ0n) is 16.9. The molecule has 7 nitrogen and oxygen atoms in total. The molecule has 1 N–H and O–H groups in total. The number of benzene rings is 2. The van der Waals surface area contributed by atoms with E-state index in [1.807, 2.05) is 31.2 Å². The molecule has 2 aromatic rings. The van der Waals surface area contributed by atoms with E-state index in [0.717, 1.165) is 11.3 Å². The van der Waals surface area contributed by atoms with Gasteiger partial charge >= 0.3 is 12.0 Å². The molecule has 8 heteroatoms. The fourth-order valence-electron chi connectivity index (χ4n) is 3.41. The van der Waals surface area contributed by atoms with Crippen LogP contribution in [0.15, 0.2) is 48.5 Å². The Balaban J connectivity index is 1.86. The second-order valence-corrected chi connectivity index (χ2v) is 7.37. The van der Waals surface area contributed by atoms with Gasteiger partial charge in [-0.15, -0.1) is 0 Å². The van der Waals surface area contributed by atoms with E-state index >= 15 is 0 Å². The fourth-order valence-corrected chi connectivity index (χ4v) is 3.63. The van der Waals surface area contributed by atoms with Crippen molar-refractivity contribution in [2.75, 3.05) is 24.6 Å². The number of ether oxygens (including phenoxy) is 1. The number of hydrogen-bond acceptors (Lipinski definition) is 4. The maximum Gasteiger partial charge on any atom is 0.325 e. The van der Waals surface area contributed by atoms with Crippen molar-refractivity contribution in [3.8, 4) is 0 Å². The van der Waals surface area contributed by atoms with Crippen LogP contribution in [0.25, 0.3) is 0 Å². The van der Waals surface area contributed by atoms with E-state index in [-0.39, 0.29) is 31.6 Å². The molecule has 0 saturated heterocycles. The van der Waals surface area contributed by atoms with Crippen molar-refractivity contribution in [1.29, 1.82) is 0 Å². The first-order valence-electron chi connectivity index (χ1n) is 9.76. The summed E-state index contributed by atoms with van der Waals surface area (Å²) in [4.78, 5) is 40.9. The molecule has 1 aliphatic heterocycles. The first-order chi connectivity index (χ1) is 14.4. The molecule has 0 saturated carbocycles. The number of fused-ring (bicyclic) bond motifs is 1. The smallest absolute Gasteiger partial charge is 0.325 e. The quantitative estimate of drug-likeness (QED) is 0.755. The van der Waals surface area contributed by atoms with Gasteiger partial charge in [0.15, 0.2) is 0 Å². The SMILES string of the molecule is CCOC(=O)CNC(=O)N1Cc2ccccc2N(C(=O)c2ccccc2Cl)C[C@H]1C. The molecule has 0 aromatic heterocycles. The summed E-state index contributed by atoms with van der Waals surface area (Å²) in [7, 11) is 0. The molecule has 1 heterocycles. The number of rotatable bonds is 4. The zero-order valence-corrected chi connectivity index (χ0v) is 17.7. The molecule has 0 aliphatic carbocycles. The summed E-state index contributed by atoms with van der Waals surface area (Å²) in [5.74, 6) is -0.724. The highest BCUT2D eigenvalue weighted by molar-refractivity contribution is 6.34. The highest BCUT2D eigenvalue weighted by atomic mass is 35.5. The summed E-state index contributed by atoms with van der Waals surface area (Å²) in [5, 5.41) is 2.97. The molecule has 1 aliphatic rings. The average Bonchev–Trinajstić information content (AvgIpc) is 2.89. The second-order valence-electron chi connectivity index (χ2n) is 6.96. The van der Waals surface area contributed by atoms with Gasteiger partial charge in [-0.25, -0.2) is 4.79 Å². The number of amides is 3. The minimum atomic E-state index is -0.496. The summed E-state index contributed by atoms with van der Waals surface area (Å²) < 4.78 is 4.86. The molecule has 158 valence electrons. The Labute approximate surface area is 180 Å². The van der Waals surface area contributed by atoms with Crippen LogP contribution < -0.4 is 10.2 Å². The lowest BCUT2D eigenvalue weighted by Crippen LogP contribution is -2.49. The Hall–Kier alpha value is -3.06. The molecule has 2 aromatic carbocycles. The number of carbonyl (C=O) groups excluding carboxylic acids is 3. The minimum Gasteiger partial charge on any atom is -0.465 e. The van der Waals surface area contributed by atoms with Crippen LogP contribution >= 0.6 is 11.6 Å². The van der Waals surface area contributed by atoms with Crippen molar-refractivity contribution in [3.05, 3.63) is 64.7 Å². The normalized spacial score (nSPS) is 15.8. The van der Waals surface area contributed by atoms with Crippen LogP contribution in [0.2, 0.25) is 5.02 Å². The van der Waals surface area contributed by atoms with Crippen molar-refractivity contribution in [2.24, 2.45) is 0 Å². The van der Waals surface area contributed by atoms with E-state index in [9.17, 15) is 14.4 Å². The van der Waals surface area contributed by atoms with Gasteiger partial charge < -0.3 is 19.9 Å². The third-order valence-corrected chi connectivity index (χ3v) is 5.23. The molecule has 0 bridgehead atoms. The van der Waals surface area contributed by atoms with Crippen LogP contribution in [-0.2, 0) is 16.1 Å². The molecular formula is C22H24ClN3O4. The van der Waals surface area contributed by atoms with Crippen molar-refractivity contribution in [3.63, 3.8) is 0 Å². The third kappa shape index (κ3) is 4.74. The van der Waals surface area contributed by atoms with Gasteiger partial charge in [0.2, 0.25) is 0 Å². The number of carbonyl (C=O) groups is 3. The molecule has 3 rings (SSSR count). The minimum absolute atomic E-state index is 0.209. The molecule has 0 unspecified atom stereocenters. The van der Waals surface area contributed by atoms with Crippen LogP contribution in [-0.4, -0.2) is 48.5 Å². The summed E-state index contributed by atoms with van der Waals surface area (Å²) in [6.07, 6.45) is 0. The number of esters is 1. The molecular weight excluding hydrogens is 406 g/mol. The first kappa shape index (κ1) is 21.6.